The van der Waals surface area contributed by atoms with Gasteiger partial charge in [-0.3, -0.25) is 38.4 Å². The summed E-state index contributed by atoms with van der Waals surface area (Å²) in [7, 11) is 0.823. The van der Waals surface area contributed by atoms with Crippen LogP contribution in [-0.4, -0.2) is 116 Å². The van der Waals surface area contributed by atoms with Crippen molar-refractivity contribution < 1.29 is 85.8 Å². The molecule has 0 radical (unpaired) electrons. The molecule has 0 unspecified atom stereocenters. The van der Waals surface area contributed by atoms with Crippen molar-refractivity contribution in [3.8, 4) is 0 Å². The third-order valence-electron chi connectivity index (χ3n) is 6.58. The number of amides is 1. The zero-order chi connectivity index (χ0) is 38.7. The number of rotatable bonds is 15. The minimum Gasteiger partial charge on any atom is -0.464 e. The molecule has 1 fully saturated rings. The highest BCUT2D eigenvalue weighted by atomic mass is 16.8. The number of hydrogen-bond acceptors (Lipinski definition) is 18. The molecule has 0 aromatic heterocycles. The third-order valence-corrected chi connectivity index (χ3v) is 6.58. The van der Waals surface area contributed by atoms with Crippen LogP contribution in [0.3, 0.4) is 0 Å². The lowest BCUT2D eigenvalue weighted by Crippen LogP contribution is -2.75. The number of methoxy groups -OCH3 is 1. The molecule has 0 aromatic rings. The fourth-order valence-corrected chi connectivity index (χ4v) is 5.23. The topological polar surface area (TPSA) is 249 Å². The van der Waals surface area contributed by atoms with Gasteiger partial charge in [0.1, 0.15) is 18.8 Å². The van der Waals surface area contributed by atoms with E-state index in [1.54, 1.807) is 0 Å². The van der Waals surface area contributed by atoms with Crippen molar-refractivity contribution >= 4 is 53.7 Å². The van der Waals surface area contributed by atoms with E-state index in [0.29, 0.717) is 0 Å². The highest BCUT2D eigenvalue weighted by Gasteiger charge is 2.70. The molecule has 1 amide bonds. The first-order valence-electron chi connectivity index (χ1n) is 15.4. The summed E-state index contributed by atoms with van der Waals surface area (Å²) in [6.07, 6.45) is -9.65. The molecule has 19 nitrogen and oxygen atoms in total. The second-order valence-electron chi connectivity index (χ2n) is 11.6. The summed E-state index contributed by atoms with van der Waals surface area (Å²) in [5.74, 6) is -18.3. The van der Waals surface area contributed by atoms with E-state index in [2.05, 4.69) is 5.32 Å². The summed E-state index contributed by atoms with van der Waals surface area (Å²) in [4.78, 5) is 116. The zero-order valence-corrected chi connectivity index (χ0v) is 29.8. The molecule has 1 aliphatic rings. The highest BCUT2D eigenvalue weighted by Crippen LogP contribution is 2.46. The van der Waals surface area contributed by atoms with Gasteiger partial charge in [0, 0.05) is 41.5 Å². The molecular weight excluding hydrogens is 674 g/mol. The van der Waals surface area contributed by atoms with Crippen LogP contribution in [0.1, 0.15) is 69.2 Å². The Morgan fingerprint density at radius 3 is 1.60 bits per heavy atom. The van der Waals surface area contributed by atoms with Gasteiger partial charge in [-0.2, -0.15) is 0 Å². The maximum atomic E-state index is 13.9. The van der Waals surface area contributed by atoms with Crippen molar-refractivity contribution in [2.75, 3.05) is 13.7 Å². The van der Waals surface area contributed by atoms with Crippen molar-refractivity contribution in [2.45, 2.75) is 118 Å². The van der Waals surface area contributed by atoms with Crippen LogP contribution in [0.15, 0.2) is 0 Å². The molecule has 282 valence electrons. The van der Waals surface area contributed by atoms with Gasteiger partial charge in [0.2, 0.25) is 5.91 Å². The molecular formula is C31H45NO18. The van der Waals surface area contributed by atoms with Gasteiger partial charge >= 0.3 is 53.5 Å². The first-order valence-corrected chi connectivity index (χ1v) is 15.4. The van der Waals surface area contributed by atoms with Crippen molar-refractivity contribution in [3.63, 3.8) is 0 Å². The Hall–Kier alpha value is -4.81. The Balaban J connectivity index is 4.50. The quantitative estimate of drug-likeness (QED) is 0.131. The van der Waals surface area contributed by atoms with Crippen LogP contribution in [0.25, 0.3) is 0 Å². The second-order valence-corrected chi connectivity index (χ2v) is 11.6. The van der Waals surface area contributed by atoms with Crippen molar-refractivity contribution in [2.24, 2.45) is 11.8 Å². The van der Waals surface area contributed by atoms with E-state index >= 15 is 0 Å². The lowest BCUT2D eigenvalue weighted by molar-refractivity contribution is -0.332. The number of hydrogen-bond donors (Lipinski definition) is 1. The van der Waals surface area contributed by atoms with E-state index in [9.17, 15) is 43.2 Å². The van der Waals surface area contributed by atoms with Crippen LogP contribution < -0.4 is 5.32 Å². The predicted octanol–water partition coefficient (Wildman–Crippen LogP) is -0.184. The molecule has 1 aliphatic heterocycles. The van der Waals surface area contributed by atoms with E-state index < -0.39 is 121 Å². The number of esters is 8. The summed E-state index contributed by atoms with van der Waals surface area (Å²) < 4.78 is 48.6. The average Bonchev–Trinajstić information content (AvgIpc) is 2.94. The predicted molar refractivity (Wildman–Crippen MR) is 162 cm³/mol. The minimum atomic E-state index is -3.27. The van der Waals surface area contributed by atoms with Crippen molar-refractivity contribution in [1.82, 2.24) is 5.32 Å². The van der Waals surface area contributed by atoms with Crippen LogP contribution in [0.4, 0.5) is 0 Å². The minimum absolute atomic E-state index is 0.802. The molecule has 0 bridgehead atoms. The third kappa shape index (κ3) is 12.0. The molecule has 1 rings (SSSR count). The fourth-order valence-electron chi connectivity index (χ4n) is 5.23. The lowest BCUT2D eigenvalue weighted by Gasteiger charge is -2.52. The average molecular weight is 720 g/mol. The number of ether oxygens (including phenoxy) is 9. The van der Waals surface area contributed by atoms with Crippen LogP contribution in [0.2, 0.25) is 0 Å². The summed E-state index contributed by atoms with van der Waals surface area (Å²) in [5.41, 5.74) is 0. The van der Waals surface area contributed by atoms with Crippen molar-refractivity contribution in [1.29, 1.82) is 0 Å². The van der Waals surface area contributed by atoms with E-state index in [1.165, 1.54) is 27.7 Å². The Labute approximate surface area is 288 Å². The Morgan fingerprint density at radius 1 is 0.700 bits per heavy atom. The van der Waals surface area contributed by atoms with Gasteiger partial charge in [0.25, 0.3) is 0 Å². The maximum Gasteiger partial charge on any atom is 0.380 e. The molecule has 19 heteroatoms. The molecule has 7 atom stereocenters. The molecule has 0 aromatic carbocycles. The van der Waals surface area contributed by atoms with E-state index in [1.807, 2.05) is 0 Å². The van der Waals surface area contributed by atoms with Crippen LogP contribution >= 0.6 is 0 Å². The molecule has 0 saturated carbocycles. The second kappa shape index (κ2) is 18.8. The number of carbonyl (C=O) groups excluding carboxylic acids is 9. The summed E-state index contributed by atoms with van der Waals surface area (Å²) >= 11 is 0. The van der Waals surface area contributed by atoms with Gasteiger partial charge in [-0.15, -0.1) is 0 Å². The van der Waals surface area contributed by atoms with Crippen LogP contribution in [-0.2, 0) is 85.8 Å². The smallest absolute Gasteiger partial charge is 0.380 e. The van der Waals surface area contributed by atoms with Gasteiger partial charge < -0.3 is 47.9 Å². The largest absolute Gasteiger partial charge is 0.464 e. The summed E-state index contributed by atoms with van der Waals surface area (Å²) in [6, 6.07) is -1.84. The van der Waals surface area contributed by atoms with Gasteiger partial charge in [-0.25, -0.2) is 4.79 Å². The highest BCUT2D eigenvalue weighted by molar-refractivity contribution is 5.97. The maximum absolute atomic E-state index is 13.9. The molecule has 1 heterocycles. The van der Waals surface area contributed by atoms with Gasteiger partial charge in [-0.1, -0.05) is 0 Å². The Kier molecular flexibility index (Phi) is 16.3. The van der Waals surface area contributed by atoms with Gasteiger partial charge in [0.15, 0.2) is 18.1 Å². The van der Waals surface area contributed by atoms with E-state index in [0.717, 1.165) is 48.7 Å². The first-order chi connectivity index (χ1) is 23.1. The van der Waals surface area contributed by atoms with Crippen LogP contribution in [0, 0.1) is 11.8 Å². The van der Waals surface area contributed by atoms with E-state index in [-0.39, 0.29) is 0 Å². The Bertz CT molecular complexity index is 1290. The molecule has 1 saturated heterocycles. The lowest BCUT2D eigenvalue weighted by atomic mass is 9.73. The van der Waals surface area contributed by atoms with Gasteiger partial charge in [0.05, 0.1) is 31.3 Å². The zero-order valence-electron chi connectivity index (χ0n) is 29.8. The molecule has 0 spiro atoms. The normalized spacial score (nSPS) is 22.7. The Morgan fingerprint density at radius 2 is 1.22 bits per heavy atom. The SMILES string of the molecule is COC(=O)[C@]1(OC(C)=O)O[C@@H]([C@H](OC(C)=O)[C@@H](COC(C)=O)OC(C)=O)[C@H](NC(C)=O)[C@@H](OC(C)=O)[C@@H]1C(C(=O)OC(C)C)C(=O)OC(C)C. The monoisotopic (exact) mass is 719 g/mol. The molecule has 50 heavy (non-hydrogen) atoms. The molecule has 0 aliphatic carbocycles. The summed E-state index contributed by atoms with van der Waals surface area (Å²) in [6.45, 7) is 10.5. The van der Waals surface area contributed by atoms with Crippen molar-refractivity contribution in [3.05, 3.63) is 0 Å². The first kappa shape index (κ1) is 43.2. The number of nitrogens with one attached hydrogen (secondary N) is 1. The van der Waals surface area contributed by atoms with E-state index in [4.69, 9.17) is 42.6 Å². The van der Waals surface area contributed by atoms with Crippen LogP contribution in [0.5, 0.6) is 0 Å². The van der Waals surface area contributed by atoms with Gasteiger partial charge in [-0.05, 0) is 27.7 Å². The number of carbonyl (C=O) groups is 9. The fraction of sp³-hybridized carbons (Fsp3) is 0.710. The standard InChI is InChI=1S/C31H45NO18/c1-13(2)44-28(39)22(29(40)45-14(3)4)23-26(48-19(9)37)24(32-15(5)33)27(50-31(23,30(41)42-11)49-20(10)38)25(47-18(8)36)21(46-17(7)35)12-43-16(6)34/h13-14,21-27H,12H2,1-11H3,(H,32,33)/t21-,23+,24-,25-,26+,27-,31-/m1/s1. The molecule has 1 N–H and O–H groups in total. The summed E-state index contributed by atoms with van der Waals surface area (Å²) in [5, 5.41) is 2.43.